The third-order valence-electron chi connectivity index (χ3n) is 1.35. The zero-order chi connectivity index (χ0) is 10.3. The Labute approximate surface area is 79.2 Å². The molecule has 0 aliphatic rings. The number of carbonyl (C=O) groups is 1. The molecule has 0 rings (SSSR count). The van der Waals surface area contributed by atoms with E-state index in [4.69, 9.17) is 14.2 Å². The van der Waals surface area contributed by atoms with Gasteiger partial charge < -0.3 is 14.2 Å². The van der Waals surface area contributed by atoms with E-state index >= 15 is 0 Å². The normalized spacial score (nSPS) is 11.7. The third kappa shape index (κ3) is 5.74. The minimum Gasteiger partial charge on any atom is -0.328 e. The van der Waals surface area contributed by atoms with E-state index in [2.05, 4.69) is 0 Å². The lowest BCUT2D eigenvalue weighted by Crippen LogP contribution is -2.37. The largest absolute Gasteiger partial charge is 0.328 e. The van der Waals surface area contributed by atoms with E-state index in [-0.39, 0.29) is 12.4 Å². The van der Waals surface area contributed by atoms with E-state index in [9.17, 15) is 4.79 Å². The third-order valence-corrected chi connectivity index (χ3v) is 1.35. The molecule has 0 heterocycles. The van der Waals surface area contributed by atoms with Gasteiger partial charge in [-0.05, 0) is 20.8 Å². The molecular formula is C9H18O4. The molecule has 4 nitrogen and oxygen atoms in total. The van der Waals surface area contributed by atoms with Crippen LogP contribution >= 0.6 is 0 Å². The van der Waals surface area contributed by atoms with Crippen LogP contribution in [-0.4, -0.2) is 31.6 Å². The van der Waals surface area contributed by atoms with Gasteiger partial charge in [0, 0.05) is 20.1 Å². The Hall–Kier alpha value is -0.450. The van der Waals surface area contributed by atoms with Crippen LogP contribution in [0.15, 0.2) is 0 Å². The molecule has 0 aliphatic carbocycles. The lowest BCUT2D eigenvalue weighted by Gasteiger charge is -2.28. The number of carbonyl (C=O) groups excluding carboxylic acids is 1. The summed E-state index contributed by atoms with van der Waals surface area (Å²) in [4.78, 5) is 10.7. The van der Waals surface area contributed by atoms with E-state index in [1.54, 1.807) is 6.92 Å². The smallest absolute Gasteiger partial charge is 0.280 e. The molecule has 0 radical (unpaired) electrons. The second-order valence-electron chi connectivity index (χ2n) is 2.72. The Bertz CT molecular complexity index is 150. The maximum absolute atomic E-state index is 10.7. The molecule has 0 spiro atoms. The van der Waals surface area contributed by atoms with E-state index in [1.807, 2.05) is 13.8 Å². The maximum Gasteiger partial charge on any atom is 0.280 e. The molecule has 4 heteroatoms. The number of hydrogen-bond donors (Lipinski definition) is 0. The van der Waals surface area contributed by atoms with Crippen molar-refractivity contribution in [3.05, 3.63) is 0 Å². The number of Topliss-reactive ketones (excluding diaryl/α,β-unsaturated/α-hetero) is 1. The highest BCUT2D eigenvalue weighted by atomic mass is 16.9. The van der Waals surface area contributed by atoms with Crippen LogP contribution in [0.25, 0.3) is 0 Å². The molecule has 0 atom stereocenters. The van der Waals surface area contributed by atoms with Gasteiger partial charge in [0.15, 0.2) is 5.78 Å². The fraction of sp³-hybridized carbons (Fsp3) is 0.889. The van der Waals surface area contributed by atoms with Crippen LogP contribution in [0.1, 0.15) is 27.7 Å². The van der Waals surface area contributed by atoms with Crippen LogP contribution in [0, 0.1) is 0 Å². The zero-order valence-corrected chi connectivity index (χ0v) is 8.75. The average Bonchev–Trinajstić information content (AvgIpc) is 2.02. The van der Waals surface area contributed by atoms with Crippen molar-refractivity contribution < 1.29 is 19.0 Å². The molecule has 0 aromatic heterocycles. The second kappa shape index (κ2) is 6.07. The van der Waals surface area contributed by atoms with E-state index in [0.29, 0.717) is 13.2 Å². The molecule has 0 amide bonds. The van der Waals surface area contributed by atoms with Gasteiger partial charge in [-0.1, -0.05) is 0 Å². The summed E-state index contributed by atoms with van der Waals surface area (Å²) in [5.74, 6) is -1.14. The molecule has 13 heavy (non-hydrogen) atoms. The Balaban J connectivity index is 3.98. The molecule has 0 bridgehead atoms. The first-order chi connectivity index (χ1) is 6.04. The summed E-state index contributed by atoms with van der Waals surface area (Å²) >= 11 is 0. The predicted octanol–water partition coefficient (Wildman–Crippen LogP) is 1.34. The first-order valence-electron chi connectivity index (χ1n) is 4.45. The summed E-state index contributed by atoms with van der Waals surface area (Å²) in [6, 6.07) is 0. The first-order valence-corrected chi connectivity index (χ1v) is 4.45. The number of rotatable bonds is 7. The first kappa shape index (κ1) is 12.6. The van der Waals surface area contributed by atoms with Gasteiger partial charge in [0.25, 0.3) is 5.97 Å². The highest BCUT2D eigenvalue weighted by Crippen LogP contribution is 2.13. The average molecular weight is 190 g/mol. The molecule has 0 fully saturated rings. The Morgan fingerprint density at radius 3 is 1.92 bits per heavy atom. The van der Waals surface area contributed by atoms with Gasteiger partial charge >= 0.3 is 0 Å². The van der Waals surface area contributed by atoms with E-state index in [0.717, 1.165) is 0 Å². The van der Waals surface area contributed by atoms with Crippen molar-refractivity contribution in [3.63, 3.8) is 0 Å². The van der Waals surface area contributed by atoms with Gasteiger partial charge in [0.1, 0.15) is 6.61 Å². The predicted molar refractivity (Wildman–Crippen MR) is 48.3 cm³/mol. The van der Waals surface area contributed by atoms with Gasteiger partial charge in [0.2, 0.25) is 0 Å². The molecule has 0 saturated heterocycles. The van der Waals surface area contributed by atoms with Gasteiger partial charge in [-0.3, -0.25) is 4.79 Å². The fourth-order valence-electron chi connectivity index (χ4n) is 0.882. The highest BCUT2D eigenvalue weighted by Gasteiger charge is 2.26. The summed E-state index contributed by atoms with van der Waals surface area (Å²) < 4.78 is 15.6. The molecule has 0 aromatic rings. The van der Waals surface area contributed by atoms with Crippen LogP contribution in [0.2, 0.25) is 0 Å². The number of ether oxygens (including phenoxy) is 3. The molecule has 0 unspecified atom stereocenters. The fourth-order valence-corrected chi connectivity index (χ4v) is 0.882. The maximum atomic E-state index is 10.7. The van der Waals surface area contributed by atoms with Gasteiger partial charge in [0.05, 0.1) is 0 Å². The van der Waals surface area contributed by atoms with E-state index < -0.39 is 5.97 Å². The summed E-state index contributed by atoms with van der Waals surface area (Å²) in [5.41, 5.74) is 0. The van der Waals surface area contributed by atoms with Crippen molar-refractivity contribution in [1.29, 1.82) is 0 Å². The summed E-state index contributed by atoms with van der Waals surface area (Å²) in [6.07, 6.45) is 0. The Morgan fingerprint density at radius 1 is 1.15 bits per heavy atom. The zero-order valence-electron chi connectivity index (χ0n) is 8.75. The monoisotopic (exact) mass is 190 g/mol. The van der Waals surface area contributed by atoms with E-state index in [1.165, 1.54) is 6.92 Å². The van der Waals surface area contributed by atoms with Crippen LogP contribution in [0.5, 0.6) is 0 Å². The van der Waals surface area contributed by atoms with Crippen LogP contribution < -0.4 is 0 Å². The SMILES string of the molecule is CCOC(C)(OCC)OCC(C)=O. The Kier molecular flexibility index (Phi) is 5.86. The lowest BCUT2D eigenvalue weighted by atomic mass is 10.5. The minimum absolute atomic E-state index is 0.0104. The van der Waals surface area contributed by atoms with Crippen LogP contribution in [0.4, 0.5) is 0 Å². The van der Waals surface area contributed by atoms with Crippen molar-refractivity contribution in [3.8, 4) is 0 Å². The summed E-state index contributed by atoms with van der Waals surface area (Å²) in [7, 11) is 0. The molecule has 0 N–H and O–H groups in total. The topological polar surface area (TPSA) is 44.8 Å². The summed E-state index contributed by atoms with van der Waals surface area (Å²) in [6.45, 7) is 7.77. The van der Waals surface area contributed by atoms with Crippen molar-refractivity contribution in [2.24, 2.45) is 0 Å². The van der Waals surface area contributed by atoms with Crippen molar-refractivity contribution in [2.45, 2.75) is 33.7 Å². The molecule has 0 aliphatic heterocycles. The molecule has 0 aromatic carbocycles. The van der Waals surface area contributed by atoms with Crippen molar-refractivity contribution in [2.75, 3.05) is 19.8 Å². The van der Waals surface area contributed by atoms with Crippen molar-refractivity contribution in [1.82, 2.24) is 0 Å². The lowest BCUT2D eigenvalue weighted by molar-refractivity contribution is -0.364. The summed E-state index contributed by atoms with van der Waals surface area (Å²) in [5, 5.41) is 0. The number of ketones is 1. The van der Waals surface area contributed by atoms with Gasteiger partial charge in [-0.15, -0.1) is 0 Å². The second-order valence-corrected chi connectivity index (χ2v) is 2.72. The Morgan fingerprint density at radius 2 is 1.62 bits per heavy atom. The molecular weight excluding hydrogens is 172 g/mol. The highest BCUT2D eigenvalue weighted by molar-refractivity contribution is 5.76. The quantitative estimate of drug-likeness (QED) is 0.568. The van der Waals surface area contributed by atoms with Crippen LogP contribution in [0.3, 0.4) is 0 Å². The minimum atomic E-state index is -1.09. The van der Waals surface area contributed by atoms with Gasteiger partial charge in [-0.2, -0.15) is 0 Å². The molecule has 78 valence electrons. The molecule has 0 saturated carbocycles. The van der Waals surface area contributed by atoms with Gasteiger partial charge in [-0.25, -0.2) is 0 Å². The number of hydrogen-bond acceptors (Lipinski definition) is 4. The van der Waals surface area contributed by atoms with Crippen molar-refractivity contribution >= 4 is 5.78 Å². The van der Waals surface area contributed by atoms with Crippen LogP contribution in [-0.2, 0) is 19.0 Å². The standard InChI is InChI=1S/C9H18O4/c1-5-11-9(4,12-6-2)13-7-8(3)10/h5-7H2,1-4H3.